The van der Waals surface area contributed by atoms with Crippen molar-refractivity contribution in [1.29, 1.82) is 5.26 Å². The molecule has 0 saturated heterocycles. The molecule has 0 spiro atoms. The number of anilines is 1. The van der Waals surface area contributed by atoms with E-state index in [2.05, 4.69) is 11.1 Å². The van der Waals surface area contributed by atoms with Crippen LogP contribution in [-0.4, -0.2) is 19.3 Å². The number of methoxy groups -OCH3 is 2. The normalized spacial score (nSPS) is 10.2. The van der Waals surface area contributed by atoms with E-state index >= 15 is 0 Å². The molecule has 2 aromatic carbocycles. The molecule has 3 aromatic rings. The highest BCUT2D eigenvalue weighted by Crippen LogP contribution is 2.35. The number of ether oxygens (including phenoxy) is 2. The molecule has 6 nitrogen and oxygen atoms in total. The molecule has 130 valence electrons. The van der Waals surface area contributed by atoms with Crippen molar-refractivity contribution in [3.63, 3.8) is 0 Å². The largest absolute Gasteiger partial charge is 0.508 e. The van der Waals surface area contributed by atoms with E-state index in [-0.39, 0.29) is 11.6 Å². The van der Waals surface area contributed by atoms with Gasteiger partial charge in [-0.15, -0.1) is 0 Å². The van der Waals surface area contributed by atoms with Crippen LogP contribution in [0.5, 0.6) is 17.2 Å². The van der Waals surface area contributed by atoms with E-state index in [1.807, 2.05) is 12.1 Å². The SMILES string of the molecule is COc1ccc(-c2cc(-c3ccc(O)cc3)[nH+]c(N)c2C#N)cc1OC. The molecule has 0 aliphatic heterocycles. The molecule has 4 N–H and O–H groups in total. The first kappa shape index (κ1) is 17.1. The third-order valence-electron chi connectivity index (χ3n) is 4.08. The maximum Gasteiger partial charge on any atom is 0.289 e. The lowest BCUT2D eigenvalue weighted by Gasteiger charge is -2.11. The van der Waals surface area contributed by atoms with Crippen LogP contribution in [0.4, 0.5) is 5.82 Å². The van der Waals surface area contributed by atoms with E-state index in [1.54, 1.807) is 50.6 Å². The molecule has 26 heavy (non-hydrogen) atoms. The average Bonchev–Trinajstić information content (AvgIpc) is 2.67. The Morgan fingerprint density at radius 1 is 0.962 bits per heavy atom. The highest BCUT2D eigenvalue weighted by molar-refractivity contribution is 5.79. The van der Waals surface area contributed by atoms with Crippen LogP contribution in [0.2, 0.25) is 0 Å². The number of aromatic nitrogens is 1. The number of aromatic hydroxyl groups is 1. The Morgan fingerprint density at radius 3 is 2.23 bits per heavy atom. The van der Waals surface area contributed by atoms with Crippen molar-refractivity contribution in [3.8, 4) is 45.7 Å². The number of rotatable bonds is 4. The van der Waals surface area contributed by atoms with Crippen molar-refractivity contribution in [1.82, 2.24) is 0 Å². The zero-order chi connectivity index (χ0) is 18.7. The van der Waals surface area contributed by atoms with Crippen LogP contribution < -0.4 is 20.2 Å². The monoisotopic (exact) mass is 348 g/mol. The summed E-state index contributed by atoms with van der Waals surface area (Å²) in [5, 5.41) is 19.0. The predicted molar refractivity (Wildman–Crippen MR) is 97.8 cm³/mol. The Morgan fingerprint density at radius 2 is 1.62 bits per heavy atom. The Bertz CT molecular complexity index is 992. The number of phenolic OH excluding ortho intramolecular Hbond substituents is 1. The molecule has 0 aliphatic rings. The fraction of sp³-hybridized carbons (Fsp3) is 0.100. The van der Waals surface area contributed by atoms with Gasteiger partial charge in [-0.05, 0) is 48.0 Å². The van der Waals surface area contributed by atoms with Gasteiger partial charge in [0.1, 0.15) is 23.1 Å². The minimum atomic E-state index is 0.176. The summed E-state index contributed by atoms with van der Waals surface area (Å²) in [6.45, 7) is 0. The average molecular weight is 348 g/mol. The maximum atomic E-state index is 9.55. The first-order valence-electron chi connectivity index (χ1n) is 7.85. The van der Waals surface area contributed by atoms with Gasteiger partial charge in [-0.2, -0.15) is 5.26 Å². The summed E-state index contributed by atoms with van der Waals surface area (Å²) < 4.78 is 10.6. The van der Waals surface area contributed by atoms with E-state index in [4.69, 9.17) is 15.2 Å². The summed E-state index contributed by atoms with van der Waals surface area (Å²) in [6, 6.07) is 16.1. The Labute approximate surface area is 151 Å². The number of nitrogens with one attached hydrogen (secondary N) is 1. The van der Waals surface area contributed by atoms with E-state index in [0.29, 0.717) is 22.6 Å². The number of benzene rings is 2. The van der Waals surface area contributed by atoms with Crippen LogP contribution in [0.1, 0.15) is 5.56 Å². The Kier molecular flexibility index (Phi) is 4.63. The number of phenols is 1. The molecule has 0 unspecified atom stereocenters. The second-order valence-electron chi connectivity index (χ2n) is 5.61. The predicted octanol–water partition coefficient (Wildman–Crippen LogP) is 3.01. The van der Waals surface area contributed by atoms with Crippen molar-refractivity contribution < 1.29 is 19.6 Å². The van der Waals surface area contributed by atoms with Crippen LogP contribution in [0.3, 0.4) is 0 Å². The lowest BCUT2D eigenvalue weighted by molar-refractivity contribution is -0.346. The van der Waals surface area contributed by atoms with Crippen LogP contribution >= 0.6 is 0 Å². The van der Waals surface area contributed by atoms with E-state index < -0.39 is 0 Å². The molecule has 0 saturated carbocycles. The highest BCUT2D eigenvalue weighted by atomic mass is 16.5. The van der Waals surface area contributed by atoms with E-state index in [0.717, 1.165) is 16.8 Å². The van der Waals surface area contributed by atoms with Crippen molar-refractivity contribution >= 4 is 5.82 Å². The third kappa shape index (κ3) is 3.10. The number of nitrogens with zero attached hydrogens (tertiary/aromatic N) is 1. The third-order valence-corrected chi connectivity index (χ3v) is 4.08. The van der Waals surface area contributed by atoms with Gasteiger partial charge in [0.05, 0.1) is 14.2 Å². The first-order valence-corrected chi connectivity index (χ1v) is 7.85. The number of nitrogen functional groups attached to an aromatic ring is 1. The van der Waals surface area contributed by atoms with Gasteiger partial charge in [0.2, 0.25) is 0 Å². The molecule has 3 rings (SSSR count). The van der Waals surface area contributed by atoms with Crippen LogP contribution in [-0.2, 0) is 0 Å². The minimum absolute atomic E-state index is 0.176. The molecule has 6 heteroatoms. The molecular formula is C20H18N3O3+. The van der Waals surface area contributed by atoms with Crippen LogP contribution in [0.15, 0.2) is 48.5 Å². The fourth-order valence-corrected chi connectivity index (χ4v) is 2.75. The standard InChI is InChI=1S/C20H17N3O3/c1-25-18-8-5-13(9-19(18)26-2)15-10-17(23-20(22)16(15)11-21)12-3-6-14(24)7-4-12/h3-10,24H,1-2H3,(H2,22,23)/p+1. The van der Waals surface area contributed by atoms with Gasteiger partial charge in [-0.3, -0.25) is 5.73 Å². The van der Waals surface area contributed by atoms with Crippen LogP contribution in [0, 0.1) is 11.3 Å². The highest BCUT2D eigenvalue weighted by Gasteiger charge is 2.18. The summed E-state index contributed by atoms with van der Waals surface area (Å²) in [6.07, 6.45) is 0. The van der Waals surface area contributed by atoms with E-state index in [1.165, 1.54) is 0 Å². The molecule has 0 aliphatic carbocycles. The molecule has 1 aromatic heterocycles. The van der Waals surface area contributed by atoms with Crippen molar-refractivity contribution in [2.45, 2.75) is 0 Å². The number of nitriles is 1. The zero-order valence-electron chi connectivity index (χ0n) is 14.4. The minimum Gasteiger partial charge on any atom is -0.508 e. The summed E-state index contributed by atoms with van der Waals surface area (Å²) in [5.74, 6) is 1.61. The second kappa shape index (κ2) is 7.03. The molecule has 1 heterocycles. The van der Waals surface area contributed by atoms with Gasteiger partial charge in [0.15, 0.2) is 11.5 Å². The lowest BCUT2D eigenvalue weighted by atomic mass is 9.98. The Balaban J connectivity index is 2.20. The molecule has 0 fully saturated rings. The summed E-state index contributed by atoms with van der Waals surface area (Å²) in [4.78, 5) is 3.04. The summed E-state index contributed by atoms with van der Waals surface area (Å²) >= 11 is 0. The van der Waals surface area contributed by atoms with Crippen molar-refractivity contribution in [2.75, 3.05) is 20.0 Å². The molecule has 0 amide bonds. The van der Waals surface area contributed by atoms with Gasteiger partial charge in [0.25, 0.3) is 5.82 Å². The first-order chi connectivity index (χ1) is 12.6. The number of H-pyrrole nitrogens is 1. The number of pyridine rings is 1. The zero-order valence-corrected chi connectivity index (χ0v) is 14.4. The Hall–Kier alpha value is -3.72. The molecule has 0 bridgehead atoms. The smallest absolute Gasteiger partial charge is 0.289 e. The lowest BCUT2D eigenvalue weighted by Crippen LogP contribution is -2.16. The number of hydrogen-bond donors (Lipinski definition) is 2. The quantitative estimate of drug-likeness (QED) is 0.754. The molecular weight excluding hydrogens is 330 g/mol. The second-order valence-corrected chi connectivity index (χ2v) is 5.61. The molecule has 0 radical (unpaired) electrons. The van der Waals surface area contributed by atoms with Gasteiger partial charge >= 0.3 is 0 Å². The number of nitrogens with two attached hydrogens (primary N) is 1. The summed E-state index contributed by atoms with van der Waals surface area (Å²) in [7, 11) is 3.12. The fourth-order valence-electron chi connectivity index (χ4n) is 2.75. The summed E-state index contributed by atoms with van der Waals surface area (Å²) in [5.41, 5.74) is 9.44. The number of hydrogen-bond acceptors (Lipinski definition) is 5. The van der Waals surface area contributed by atoms with Crippen molar-refractivity contribution in [3.05, 3.63) is 54.1 Å². The van der Waals surface area contributed by atoms with Gasteiger partial charge in [-0.1, -0.05) is 6.07 Å². The van der Waals surface area contributed by atoms with Gasteiger partial charge in [0, 0.05) is 11.1 Å². The van der Waals surface area contributed by atoms with Crippen LogP contribution in [0.25, 0.3) is 22.4 Å². The van der Waals surface area contributed by atoms with Crippen molar-refractivity contribution in [2.24, 2.45) is 0 Å². The topological polar surface area (TPSA) is 103 Å². The maximum absolute atomic E-state index is 9.55. The number of aromatic amines is 1. The van der Waals surface area contributed by atoms with Gasteiger partial charge in [-0.25, -0.2) is 4.98 Å². The van der Waals surface area contributed by atoms with Gasteiger partial charge < -0.3 is 14.6 Å². The molecule has 0 atom stereocenters. The van der Waals surface area contributed by atoms with E-state index in [9.17, 15) is 10.4 Å².